The van der Waals surface area contributed by atoms with Crippen molar-refractivity contribution in [1.29, 1.82) is 0 Å². The van der Waals surface area contributed by atoms with Gasteiger partial charge in [-0.1, -0.05) is 20.8 Å². The number of nitrogens with zero attached hydrogens (tertiary/aromatic N) is 3. The maximum Gasteiger partial charge on any atom is 0.240 e. The number of thiazole rings is 2. The Labute approximate surface area is 204 Å². The summed E-state index contributed by atoms with van der Waals surface area (Å²) in [6.45, 7) is 12.6. The zero-order valence-electron chi connectivity index (χ0n) is 20.3. The average Bonchev–Trinajstić information content (AvgIpc) is 3.28. The van der Waals surface area contributed by atoms with Crippen LogP contribution < -0.4 is 10.6 Å². The predicted molar refractivity (Wildman–Crippen MR) is 135 cm³/mol. The van der Waals surface area contributed by atoms with Gasteiger partial charge in [-0.2, -0.15) is 0 Å². The van der Waals surface area contributed by atoms with Crippen LogP contribution in [0.5, 0.6) is 0 Å². The first-order chi connectivity index (χ1) is 15.6. The minimum atomic E-state index is -0.126. The summed E-state index contributed by atoms with van der Waals surface area (Å²) in [6.07, 6.45) is 4.95. The van der Waals surface area contributed by atoms with Crippen LogP contribution in [0.4, 0.5) is 10.3 Å². The predicted octanol–water partition coefficient (Wildman–Crippen LogP) is 4.66. The first-order valence-corrected chi connectivity index (χ1v) is 13.5. The Kier molecular flexibility index (Phi) is 7.21. The lowest BCUT2D eigenvalue weighted by Crippen LogP contribution is -2.43. The molecule has 180 valence electrons. The number of likely N-dealkylation sites (tertiary alicyclic amines) is 1. The Morgan fingerprint density at radius 3 is 2.55 bits per heavy atom. The normalized spacial score (nSPS) is 21.5. The minimum absolute atomic E-state index is 0.0183. The van der Waals surface area contributed by atoms with Gasteiger partial charge in [0, 0.05) is 16.3 Å². The quantitative estimate of drug-likeness (QED) is 0.638. The van der Waals surface area contributed by atoms with E-state index in [1.54, 1.807) is 11.3 Å². The highest BCUT2D eigenvalue weighted by Gasteiger charge is 2.32. The second-order valence-electron chi connectivity index (χ2n) is 10.5. The average molecular weight is 490 g/mol. The molecule has 0 saturated carbocycles. The summed E-state index contributed by atoms with van der Waals surface area (Å²) in [5.74, 6) is 0.471. The summed E-state index contributed by atoms with van der Waals surface area (Å²) in [5.41, 5.74) is 2.40. The fourth-order valence-corrected chi connectivity index (χ4v) is 6.60. The third kappa shape index (κ3) is 6.00. The van der Waals surface area contributed by atoms with Gasteiger partial charge in [0.1, 0.15) is 0 Å². The first-order valence-electron chi connectivity index (χ1n) is 11.8. The van der Waals surface area contributed by atoms with Gasteiger partial charge >= 0.3 is 0 Å². The molecule has 2 unspecified atom stereocenters. The Hall–Kier alpha value is -1.84. The van der Waals surface area contributed by atoms with Gasteiger partial charge in [0.2, 0.25) is 11.8 Å². The largest absolute Gasteiger partial charge is 0.302 e. The smallest absolute Gasteiger partial charge is 0.240 e. The maximum atomic E-state index is 13.0. The van der Waals surface area contributed by atoms with Crippen LogP contribution >= 0.6 is 22.7 Å². The van der Waals surface area contributed by atoms with Gasteiger partial charge in [0.25, 0.3) is 0 Å². The molecule has 0 bridgehead atoms. The Morgan fingerprint density at radius 1 is 1.09 bits per heavy atom. The van der Waals surface area contributed by atoms with Gasteiger partial charge in [0.15, 0.2) is 10.3 Å². The van der Waals surface area contributed by atoms with Crippen LogP contribution in [0.25, 0.3) is 0 Å². The highest BCUT2D eigenvalue weighted by atomic mass is 32.1. The molecule has 1 fully saturated rings. The van der Waals surface area contributed by atoms with E-state index in [2.05, 4.69) is 41.3 Å². The Bertz CT molecular complexity index is 1000. The summed E-state index contributed by atoms with van der Waals surface area (Å²) in [5, 5.41) is 7.34. The molecule has 2 N–H and O–H groups in total. The van der Waals surface area contributed by atoms with E-state index in [4.69, 9.17) is 4.98 Å². The second kappa shape index (κ2) is 9.80. The van der Waals surface area contributed by atoms with Crippen LogP contribution in [0, 0.1) is 31.1 Å². The van der Waals surface area contributed by atoms with Gasteiger partial charge in [-0.05, 0) is 63.8 Å². The zero-order chi connectivity index (χ0) is 23.8. The fraction of sp³-hybridized carbons (Fsp3) is 0.667. The fourth-order valence-electron chi connectivity index (χ4n) is 4.68. The highest BCUT2D eigenvalue weighted by Crippen LogP contribution is 2.40. The molecule has 2 aromatic heterocycles. The van der Waals surface area contributed by atoms with Crippen molar-refractivity contribution in [1.82, 2.24) is 14.9 Å². The van der Waals surface area contributed by atoms with Gasteiger partial charge in [-0.3, -0.25) is 14.5 Å². The highest BCUT2D eigenvalue weighted by molar-refractivity contribution is 7.16. The van der Waals surface area contributed by atoms with Crippen molar-refractivity contribution in [2.24, 2.45) is 17.3 Å². The minimum Gasteiger partial charge on any atom is -0.302 e. The number of nitrogens with one attached hydrogen (secondary N) is 2. The SMILES string of the molecule is Cc1nc(NC(=O)CN2CCCC(C(=O)Nc3nc4c(s3)CC(C(C)(C)C)CC4)C2)sc1C. The molecule has 1 saturated heterocycles. The molecule has 7 nitrogen and oxygen atoms in total. The maximum absolute atomic E-state index is 13.0. The van der Waals surface area contributed by atoms with Gasteiger partial charge in [0.05, 0.1) is 23.9 Å². The molecule has 1 aliphatic heterocycles. The number of aryl methyl sites for hydroxylation is 3. The molecular weight excluding hydrogens is 454 g/mol. The molecule has 2 aliphatic rings. The lowest BCUT2D eigenvalue weighted by atomic mass is 9.73. The van der Waals surface area contributed by atoms with Gasteiger partial charge < -0.3 is 10.6 Å². The number of piperidine rings is 1. The van der Waals surface area contributed by atoms with Crippen LogP contribution in [0.15, 0.2) is 0 Å². The molecular formula is C24H35N5O2S2. The van der Waals surface area contributed by atoms with E-state index in [-0.39, 0.29) is 24.3 Å². The second-order valence-corrected chi connectivity index (χ2v) is 12.8. The molecule has 2 aromatic rings. The Morgan fingerprint density at radius 2 is 1.85 bits per heavy atom. The van der Waals surface area contributed by atoms with Crippen molar-refractivity contribution >= 4 is 44.8 Å². The van der Waals surface area contributed by atoms with Crippen LogP contribution in [-0.4, -0.2) is 46.3 Å². The molecule has 0 aromatic carbocycles. The van der Waals surface area contributed by atoms with E-state index in [9.17, 15) is 9.59 Å². The topological polar surface area (TPSA) is 87.2 Å². The molecule has 33 heavy (non-hydrogen) atoms. The first kappa shape index (κ1) is 24.3. The van der Waals surface area contributed by atoms with Gasteiger partial charge in [-0.15, -0.1) is 22.7 Å². The van der Waals surface area contributed by atoms with E-state index in [1.807, 2.05) is 13.8 Å². The van der Waals surface area contributed by atoms with Crippen LogP contribution in [0.3, 0.4) is 0 Å². The number of rotatable bonds is 5. The molecule has 9 heteroatoms. The number of hydrogen-bond donors (Lipinski definition) is 2. The molecule has 0 spiro atoms. The molecule has 4 rings (SSSR count). The van der Waals surface area contributed by atoms with Crippen molar-refractivity contribution in [3.8, 4) is 0 Å². The third-order valence-corrected chi connectivity index (χ3v) is 8.94. The molecule has 2 atom stereocenters. The van der Waals surface area contributed by atoms with E-state index >= 15 is 0 Å². The molecule has 1 aliphatic carbocycles. The van der Waals surface area contributed by atoms with Crippen molar-refractivity contribution < 1.29 is 9.59 Å². The number of amides is 2. The van der Waals surface area contributed by atoms with Gasteiger partial charge in [-0.25, -0.2) is 9.97 Å². The molecule has 2 amide bonds. The van der Waals surface area contributed by atoms with Crippen molar-refractivity contribution in [2.45, 2.75) is 66.7 Å². The summed E-state index contributed by atoms with van der Waals surface area (Å²) < 4.78 is 0. The molecule has 3 heterocycles. The number of aromatic nitrogens is 2. The zero-order valence-corrected chi connectivity index (χ0v) is 21.9. The number of anilines is 2. The van der Waals surface area contributed by atoms with Crippen LogP contribution in [0.2, 0.25) is 0 Å². The van der Waals surface area contributed by atoms with Crippen LogP contribution in [-0.2, 0) is 22.4 Å². The van der Waals surface area contributed by atoms with E-state index < -0.39 is 0 Å². The summed E-state index contributed by atoms with van der Waals surface area (Å²) in [6, 6.07) is 0. The number of fused-ring (bicyclic) bond motifs is 1. The van der Waals surface area contributed by atoms with E-state index in [0.29, 0.717) is 23.0 Å². The number of carbonyl (C=O) groups excluding carboxylic acids is 2. The van der Waals surface area contributed by atoms with E-state index in [0.717, 1.165) is 60.0 Å². The third-order valence-electron chi connectivity index (χ3n) is 6.91. The Balaban J connectivity index is 1.30. The standard InChI is InChI=1S/C24H35N5O2S2/c1-14-15(2)32-22(25-14)27-20(30)13-29-10-6-7-16(12-29)21(31)28-23-26-18-9-8-17(24(3,4)5)11-19(18)33-23/h16-17H,6-13H2,1-5H3,(H,25,27,30)(H,26,28,31). The number of hydrogen-bond acceptors (Lipinski definition) is 7. The van der Waals surface area contributed by atoms with Crippen molar-refractivity contribution in [3.63, 3.8) is 0 Å². The number of carbonyl (C=O) groups is 2. The van der Waals surface area contributed by atoms with Crippen LogP contribution in [0.1, 0.15) is 61.2 Å². The summed E-state index contributed by atoms with van der Waals surface area (Å²) >= 11 is 3.13. The van der Waals surface area contributed by atoms with Crippen molar-refractivity contribution in [3.05, 3.63) is 21.1 Å². The molecule has 0 radical (unpaired) electrons. The summed E-state index contributed by atoms with van der Waals surface area (Å²) in [4.78, 5) is 39.1. The van der Waals surface area contributed by atoms with E-state index in [1.165, 1.54) is 16.2 Å². The lowest BCUT2D eigenvalue weighted by Gasteiger charge is -2.33. The van der Waals surface area contributed by atoms with Crippen molar-refractivity contribution in [2.75, 3.05) is 30.3 Å². The lowest BCUT2D eigenvalue weighted by molar-refractivity contribution is -0.123. The monoisotopic (exact) mass is 489 g/mol. The summed E-state index contributed by atoms with van der Waals surface area (Å²) in [7, 11) is 0.